The fourth-order valence-electron chi connectivity index (χ4n) is 1.46. The minimum atomic E-state index is -0.344. The van der Waals surface area contributed by atoms with Crippen LogP contribution in [0, 0.1) is 5.82 Å². The van der Waals surface area contributed by atoms with Gasteiger partial charge in [-0.2, -0.15) is 0 Å². The summed E-state index contributed by atoms with van der Waals surface area (Å²) in [6.45, 7) is 0.164. The minimum Gasteiger partial charge on any atom is -0.497 e. The Hall–Kier alpha value is -1.74. The van der Waals surface area contributed by atoms with Gasteiger partial charge in [0, 0.05) is 16.7 Å². The molecule has 0 aliphatic carbocycles. The van der Waals surface area contributed by atoms with Crippen LogP contribution in [0.15, 0.2) is 42.5 Å². The predicted octanol–water partition coefficient (Wildman–Crippen LogP) is 4.07. The first-order valence-corrected chi connectivity index (χ1v) is 5.77. The van der Waals surface area contributed by atoms with Crippen LogP contribution in [0.1, 0.15) is 5.56 Å². The first-order valence-electron chi connectivity index (χ1n) is 5.40. The molecule has 0 fully saturated rings. The van der Waals surface area contributed by atoms with Crippen molar-refractivity contribution in [2.45, 2.75) is 6.61 Å². The van der Waals surface area contributed by atoms with E-state index in [0.717, 1.165) is 0 Å². The smallest absolute Gasteiger partial charge is 0.133 e. The summed E-state index contributed by atoms with van der Waals surface area (Å²) in [5, 5.41) is 0.637. The van der Waals surface area contributed by atoms with E-state index >= 15 is 0 Å². The van der Waals surface area contributed by atoms with Gasteiger partial charge in [0.25, 0.3) is 0 Å². The Morgan fingerprint density at radius 3 is 2.33 bits per heavy atom. The highest BCUT2D eigenvalue weighted by molar-refractivity contribution is 6.30. The normalized spacial score (nSPS) is 10.2. The molecule has 0 bridgehead atoms. The van der Waals surface area contributed by atoms with Crippen LogP contribution >= 0.6 is 11.6 Å². The number of ether oxygens (including phenoxy) is 2. The molecule has 0 aliphatic heterocycles. The highest BCUT2D eigenvalue weighted by atomic mass is 35.5. The lowest BCUT2D eigenvalue weighted by atomic mass is 10.2. The number of benzene rings is 2. The zero-order valence-electron chi connectivity index (χ0n) is 9.82. The topological polar surface area (TPSA) is 18.5 Å². The van der Waals surface area contributed by atoms with E-state index in [9.17, 15) is 4.39 Å². The molecule has 2 aromatic rings. The van der Waals surface area contributed by atoms with E-state index in [-0.39, 0.29) is 12.4 Å². The molecule has 0 saturated heterocycles. The molecule has 18 heavy (non-hydrogen) atoms. The van der Waals surface area contributed by atoms with E-state index in [1.54, 1.807) is 36.4 Å². The average Bonchev–Trinajstić information content (AvgIpc) is 2.39. The largest absolute Gasteiger partial charge is 0.497 e. The van der Waals surface area contributed by atoms with Gasteiger partial charge in [-0.3, -0.25) is 0 Å². The van der Waals surface area contributed by atoms with Crippen LogP contribution < -0.4 is 9.47 Å². The number of halogens is 2. The van der Waals surface area contributed by atoms with Crippen molar-refractivity contribution in [3.05, 3.63) is 58.9 Å². The van der Waals surface area contributed by atoms with Crippen molar-refractivity contribution in [1.29, 1.82) is 0 Å². The van der Waals surface area contributed by atoms with Gasteiger partial charge in [0.1, 0.15) is 23.9 Å². The van der Waals surface area contributed by atoms with E-state index in [2.05, 4.69) is 0 Å². The van der Waals surface area contributed by atoms with Crippen molar-refractivity contribution in [3.63, 3.8) is 0 Å². The second-order valence-corrected chi connectivity index (χ2v) is 4.14. The standard InChI is InChI=1S/C14H12ClFO2/c1-17-13-5-2-10(14(16)8-13)9-18-12-6-3-11(15)4-7-12/h2-8H,9H2,1H3. The molecule has 0 atom stereocenters. The van der Waals surface area contributed by atoms with Crippen LogP contribution in [0.25, 0.3) is 0 Å². The molecule has 0 spiro atoms. The molecule has 0 aromatic heterocycles. The maximum absolute atomic E-state index is 13.6. The second-order valence-electron chi connectivity index (χ2n) is 3.70. The molecule has 0 radical (unpaired) electrons. The van der Waals surface area contributed by atoms with E-state index in [1.807, 2.05) is 0 Å². The third-order valence-electron chi connectivity index (χ3n) is 2.47. The Balaban J connectivity index is 2.04. The highest BCUT2D eigenvalue weighted by Gasteiger charge is 2.04. The van der Waals surface area contributed by atoms with Crippen LogP contribution in [-0.2, 0) is 6.61 Å². The number of methoxy groups -OCH3 is 1. The van der Waals surface area contributed by atoms with Crippen molar-refractivity contribution in [1.82, 2.24) is 0 Å². The maximum Gasteiger partial charge on any atom is 0.133 e. The molecule has 0 aliphatic rings. The summed E-state index contributed by atoms with van der Waals surface area (Å²) >= 11 is 5.76. The van der Waals surface area contributed by atoms with Gasteiger partial charge in [-0.25, -0.2) is 4.39 Å². The number of hydrogen-bond donors (Lipinski definition) is 0. The molecule has 94 valence electrons. The summed E-state index contributed by atoms with van der Waals surface area (Å²) in [7, 11) is 1.50. The molecule has 0 amide bonds. The third-order valence-corrected chi connectivity index (χ3v) is 2.72. The monoisotopic (exact) mass is 266 g/mol. The van der Waals surface area contributed by atoms with Gasteiger partial charge in [0.05, 0.1) is 7.11 Å². The molecule has 0 heterocycles. The Kier molecular flexibility index (Phi) is 4.05. The molecule has 4 heteroatoms. The first kappa shape index (κ1) is 12.7. The van der Waals surface area contributed by atoms with Crippen molar-refractivity contribution in [3.8, 4) is 11.5 Å². The lowest BCUT2D eigenvalue weighted by molar-refractivity contribution is 0.299. The molecule has 0 unspecified atom stereocenters. The van der Waals surface area contributed by atoms with Gasteiger partial charge >= 0.3 is 0 Å². The molecule has 0 saturated carbocycles. The third kappa shape index (κ3) is 3.14. The van der Waals surface area contributed by atoms with E-state index in [1.165, 1.54) is 13.2 Å². The Bertz CT molecular complexity index is 526. The Morgan fingerprint density at radius 1 is 1.06 bits per heavy atom. The first-order chi connectivity index (χ1) is 8.69. The molecule has 2 aromatic carbocycles. The quantitative estimate of drug-likeness (QED) is 0.831. The maximum atomic E-state index is 13.6. The fraction of sp³-hybridized carbons (Fsp3) is 0.143. The number of hydrogen-bond acceptors (Lipinski definition) is 2. The van der Waals surface area contributed by atoms with Gasteiger partial charge < -0.3 is 9.47 Å². The van der Waals surface area contributed by atoms with Crippen molar-refractivity contribution in [2.24, 2.45) is 0 Å². The molecular formula is C14H12ClFO2. The highest BCUT2D eigenvalue weighted by Crippen LogP contribution is 2.20. The van der Waals surface area contributed by atoms with E-state index in [0.29, 0.717) is 22.1 Å². The molecule has 0 N–H and O–H groups in total. The summed E-state index contributed by atoms with van der Waals surface area (Å²) in [5.41, 5.74) is 0.478. The summed E-state index contributed by atoms with van der Waals surface area (Å²) in [6.07, 6.45) is 0. The van der Waals surface area contributed by atoms with Gasteiger partial charge in [-0.05, 0) is 36.4 Å². The van der Waals surface area contributed by atoms with E-state index in [4.69, 9.17) is 21.1 Å². The summed E-state index contributed by atoms with van der Waals surface area (Å²) < 4.78 is 24.0. The van der Waals surface area contributed by atoms with Crippen molar-refractivity contribution < 1.29 is 13.9 Å². The zero-order valence-corrected chi connectivity index (χ0v) is 10.6. The van der Waals surface area contributed by atoms with Crippen molar-refractivity contribution in [2.75, 3.05) is 7.11 Å². The second kappa shape index (κ2) is 5.74. The molecule has 2 nitrogen and oxygen atoms in total. The van der Waals surface area contributed by atoms with Gasteiger partial charge in [0.15, 0.2) is 0 Å². The minimum absolute atomic E-state index is 0.164. The zero-order chi connectivity index (χ0) is 13.0. The molecule has 2 rings (SSSR count). The van der Waals surface area contributed by atoms with E-state index < -0.39 is 0 Å². The average molecular weight is 267 g/mol. The lowest BCUT2D eigenvalue weighted by Crippen LogP contribution is -1.98. The lowest BCUT2D eigenvalue weighted by Gasteiger charge is -2.08. The summed E-state index contributed by atoms with van der Waals surface area (Å²) in [5.74, 6) is 0.792. The van der Waals surface area contributed by atoms with Crippen LogP contribution in [0.4, 0.5) is 4.39 Å². The Morgan fingerprint density at radius 2 is 1.72 bits per heavy atom. The van der Waals surface area contributed by atoms with Crippen LogP contribution in [0.5, 0.6) is 11.5 Å². The van der Waals surface area contributed by atoms with Crippen molar-refractivity contribution >= 4 is 11.6 Å². The summed E-state index contributed by atoms with van der Waals surface area (Å²) in [6, 6.07) is 11.6. The predicted molar refractivity (Wildman–Crippen MR) is 68.7 cm³/mol. The van der Waals surface area contributed by atoms with Gasteiger partial charge in [-0.1, -0.05) is 11.6 Å². The SMILES string of the molecule is COc1ccc(COc2ccc(Cl)cc2)c(F)c1. The Labute approximate surface area is 110 Å². The van der Waals surface area contributed by atoms with Crippen LogP contribution in [0.3, 0.4) is 0 Å². The van der Waals surface area contributed by atoms with Gasteiger partial charge in [-0.15, -0.1) is 0 Å². The molecular weight excluding hydrogens is 255 g/mol. The number of rotatable bonds is 4. The summed E-state index contributed by atoms with van der Waals surface area (Å²) in [4.78, 5) is 0. The van der Waals surface area contributed by atoms with Crippen LogP contribution in [0.2, 0.25) is 5.02 Å². The fourth-order valence-corrected chi connectivity index (χ4v) is 1.59. The van der Waals surface area contributed by atoms with Gasteiger partial charge in [0.2, 0.25) is 0 Å². The van der Waals surface area contributed by atoms with Crippen LogP contribution in [-0.4, -0.2) is 7.11 Å².